The van der Waals surface area contributed by atoms with Gasteiger partial charge in [-0.05, 0) is 52.4 Å². The first-order chi connectivity index (χ1) is 14.9. The van der Waals surface area contributed by atoms with Gasteiger partial charge in [0.15, 0.2) is 0 Å². The second-order valence-corrected chi connectivity index (χ2v) is 8.92. The molecular weight excluding hydrogens is 400 g/mol. The summed E-state index contributed by atoms with van der Waals surface area (Å²) in [5.41, 5.74) is -0.917. The van der Waals surface area contributed by atoms with E-state index in [1.54, 1.807) is 11.8 Å². The van der Waals surface area contributed by atoms with Gasteiger partial charge < -0.3 is 24.2 Å². The van der Waals surface area contributed by atoms with E-state index in [-0.39, 0.29) is 49.1 Å². The average Bonchev–Trinajstić information content (AvgIpc) is 3.27. The van der Waals surface area contributed by atoms with Crippen LogP contribution in [0.1, 0.15) is 52.4 Å². The van der Waals surface area contributed by atoms with E-state index in [4.69, 9.17) is 14.2 Å². The molecule has 3 aliphatic rings. The van der Waals surface area contributed by atoms with Crippen molar-refractivity contribution >= 4 is 11.9 Å². The van der Waals surface area contributed by atoms with E-state index >= 15 is 0 Å². The van der Waals surface area contributed by atoms with Gasteiger partial charge in [-0.25, -0.2) is 0 Å². The largest absolute Gasteiger partial charge is 0.465 e. The van der Waals surface area contributed by atoms with E-state index in [0.717, 1.165) is 19.3 Å². The summed E-state index contributed by atoms with van der Waals surface area (Å²) in [6.07, 6.45) is 7.46. The lowest BCUT2D eigenvalue weighted by molar-refractivity contribution is -0.149. The molecule has 1 amide bonds. The molecule has 1 unspecified atom stereocenters. The summed E-state index contributed by atoms with van der Waals surface area (Å²) >= 11 is 0. The van der Waals surface area contributed by atoms with E-state index in [1.807, 2.05) is 14.0 Å². The zero-order valence-corrected chi connectivity index (χ0v) is 19.0. The number of aliphatic hydroxyl groups is 1. The minimum absolute atomic E-state index is 0.00706. The van der Waals surface area contributed by atoms with Crippen molar-refractivity contribution < 1.29 is 28.9 Å². The Bertz CT molecular complexity index is 656. The molecule has 176 valence electrons. The van der Waals surface area contributed by atoms with Gasteiger partial charge in [-0.2, -0.15) is 0 Å². The van der Waals surface area contributed by atoms with Crippen molar-refractivity contribution in [1.29, 1.82) is 0 Å². The van der Waals surface area contributed by atoms with Crippen LogP contribution in [0.2, 0.25) is 0 Å². The third-order valence-electron chi connectivity index (χ3n) is 6.80. The highest BCUT2D eigenvalue weighted by atomic mass is 16.7. The number of esters is 1. The molecule has 0 saturated heterocycles. The van der Waals surface area contributed by atoms with Crippen LogP contribution in [0.15, 0.2) is 12.2 Å². The van der Waals surface area contributed by atoms with Crippen molar-refractivity contribution in [3.8, 4) is 0 Å². The number of aliphatic hydroxyl groups excluding tert-OH is 1. The van der Waals surface area contributed by atoms with Gasteiger partial charge in [0, 0.05) is 38.0 Å². The van der Waals surface area contributed by atoms with Gasteiger partial charge in [0.05, 0.1) is 12.7 Å². The Morgan fingerprint density at radius 3 is 2.84 bits per heavy atom. The molecule has 0 aromatic rings. The molecule has 8 heteroatoms. The summed E-state index contributed by atoms with van der Waals surface area (Å²) in [4.78, 5) is 27.7. The number of amides is 1. The van der Waals surface area contributed by atoms with Gasteiger partial charge >= 0.3 is 5.97 Å². The van der Waals surface area contributed by atoms with Crippen LogP contribution in [0.25, 0.3) is 0 Å². The van der Waals surface area contributed by atoms with Gasteiger partial charge in [-0.15, -0.1) is 0 Å². The summed E-state index contributed by atoms with van der Waals surface area (Å²) in [5.74, 6) is -1.03. The summed E-state index contributed by atoms with van der Waals surface area (Å²) < 4.78 is 16.4. The standard InChI is InChI=1S/C23H38N2O6/c1-4-29-15-31-17-12-18-19(13-17)21(27)25(3)11-9-7-6-8-10-16-14-23(16,24-20(18)26)22(28)30-5-2/h8,10,16-20,24,26H,4-7,9,11-15H2,1-3H3/b10-8-/t16-,17-,18-,19-,20?,23-/m1/s1. The Morgan fingerprint density at radius 1 is 1.29 bits per heavy atom. The number of carbonyl (C=O) groups is 2. The summed E-state index contributed by atoms with van der Waals surface area (Å²) in [6.45, 7) is 5.40. The molecule has 1 heterocycles. The van der Waals surface area contributed by atoms with Crippen molar-refractivity contribution in [3.63, 3.8) is 0 Å². The lowest BCUT2D eigenvalue weighted by Gasteiger charge is -2.30. The van der Waals surface area contributed by atoms with Crippen molar-refractivity contribution in [3.05, 3.63) is 12.2 Å². The topological polar surface area (TPSA) is 97.3 Å². The minimum Gasteiger partial charge on any atom is -0.465 e. The fraction of sp³-hybridized carbons (Fsp3) is 0.826. The molecule has 6 atom stereocenters. The SMILES string of the molecule is CCOCO[C@H]1C[C@H]2C(=O)N(C)CCCC/C=C\[C@@H]3C[C@@]3(C(=O)OCC)NC(O)[C@@H]2C1. The summed E-state index contributed by atoms with van der Waals surface area (Å²) in [5, 5.41) is 14.3. The molecule has 31 heavy (non-hydrogen) atoms. The second-order valence-electron chi connectivity index (χ2n) is 8.92. The Hall–Kier alpha value is -1.48. The number of carbonyl (C=O) groups excluding carboxylic acids is 2. The smallest absolute Gasteiger partial charge is 0.327 e. The Labute approximate surface area is 185 Å². The van der Waals surface area contributed by atoms with Crippen LogP contribution >= 0.6 is 0 Å². The normalized spacial score (nSPS) is 37.5. The zero-order valence-electron chi connectivity index (χ0n) is 19.0. The molecule has 1 aliphatic heterocycles. The number of nitrogens with zero attached hydrogens (tertiary/aromatic N) is 1. The molecule has 8 nitrogen and oxygen atoms in total. The second kappa shape index (κ2) is 10.9. The number of hydrogen-bond acceptors (Lipinski definition) is 7. The molecular formula is C23H38N2O6. The highest BCUT2D eigenvalue weighted by Crippen LogP contribution is 2.47. The predicted octanol–water partition coefficient (Wildman–Crippen LogP) is 1.82. The van der Waals surface area contributed by atoms with Crippen LogP contribution in [-0.4, -0.2) is 73.4 Å². The highest BCUT2D eigenvalue weighted by Gasteiger charge is 2.62. The molecule has 2 aliphatic carbocycles. The quantitative estimate of drug-likeness (QED) is 0.283. The maximum atomic E-state index is 13.2. The number of nitrogens with one attached hydrogen (secondary N) is 1. The fourth-order valence-electron chi connectivity index (χ4n) is 4.89. The van der Waals surface area contributed by atoms with Gasteiger partial charge in [-0.3, -0.25) is 14.9 Å². The monoisotopic (exact) mass is 438 g/mol. The first kappa shape index (κ1) is 24.2. The summed E-state index contributed by atoms with van der Waals surface area (Å²) in [6, 6.07) is 0. The van der Waals surface area contributed by atoms with E-state index in [9.17, 15) is 14.7 Å². The predicted molar refractivity (Wildman–Crippen MR) is 115 cm³/mol. The molecule has 2 N–H and O–H groups in total. The number of rotatable bonds is 6. The maximum absolute atomic E-state index is 13.2. The van der Waals surface area contributed by atoms with Crippen LogP contribution in [-0.2, 0) is 23.8 Å². The fourth-order valence-corrected chi connectivity index (χ4v) is 4.89. The highest BCUT2D eigenvalue weighted by molar-refractivity contribution is 5.86. The Morgan fingerprint density at radius 2 is 2.10 bits per heavy atom. The molecule has 0 aromatic carbocycles. The third-order valence-corrected chi connectivity index (χ3v) is 6.80. The van der Waals surface area contributed by atoms with Crippen molar-refractivity contribution in [2.24, 2.45) is 17.8 Å². The minimum atomic E-state index is -1.01. The Kier molecular flexibility index (Phi) is 8.50. The van der Waals surface area contributed by atoms with Gasteiger partial charge in [0.1, 0.15) is 18.6 Å². The van der Waals surface area contributed by atoms with Gasteiger partial charge in [-0.1, -0.05) is 12.2 Å². The van der Waals surface area contributed by atoms with Gasteiger partial charge in [0.25, 0.3) is 0 Å². The molecule has 2 saturated carbocycles. The number of allylic oxidation sites excluding steroid dienone is 1. The van der Waals surface area contributed by atoms with Crippen LogP contribution in [0, 0.1) is 17.8 Å². The number of hydrogen-bond donors (Lipinski definition) is 2. The van der Waals surface area contributed by atoms with Crippen molar-refractivity contribution in [2.75, 3.05) is 33.6 Å². The average molecular weight is 439 g/mol. The van der Waals surface area contributed by atoms with E-state index in [1.165, 1.54) is 0 Å². The van der Waals surface area contributed by atoms with Crippen LogP contribution in [0.4, 0.5) is 0 Å². The molecule has 2 fully saturated rings. The molecule has 3 rings (SSSR count). The molecule has 0 radical (unpaired) electrons. The van der Waals surface area contributed by atoms with Crippen molar-refractivity contribution in [2.45, 2.75) is 70.2 Å². The van der Waals surface area contributed by atoms with Crippen LogP contribution in [0.5, 0.6) is 0 Å². The Balaban J connectivity index is 1.80. The van der Waals surface area contributed by atoms with Crippen molar-refractivity contribution in [1.82, 2.24) is 10.2 Å². The zero-order chi connectivity index (χ0) is 22.4. The molecule has 0 aromatic heterocycles. The third kappa shape index (κ3) is 5.66. The van der Waals surface area contributed by atoms with E-state index in [0.29, 0.717) is 32.4 Å². The molecule has 0 bridgehead atoms. The first-order valence-corrected chi connectivity index (χ1v) is 11.7. The summed E-state index contributed by atoms with van der Waals surface area (Å²) in [7, 11) is 1.83. The van der Waals surface area contributed by atoms with E-state index < -0.39 is 11.8 Å². The first-order valence-electron chi connectivity index (χ1n) is 11.7. The van der Waals surface area contributed by atoms with Crippen LogP contribution in [0.3, 0.4) is 0 Å². The molecule has 0 spiro atoms. The maximum Gasteiger partial charge on any atom is 0.327 e. The number of ether oxygens (including phenoxy) is 3. The lowest BCUT2D eigenvalue weighted by atomic mass is 9.92. The number of fused-ring (bicyclic) bond motifs is 2. The lowest BCUT2D eigenvalue weighted by Crippen LogP contribution is -2.52. The van der Waals surface area contributed by atoms with Crippen LogP contribution < -0.4 is 5.32 Å². The van der Waals surface area contributed by atoms with E-state index in [2.05, 4.69) is 17.5 Å². The van der Waals surface area contributed by atoms with Gasteiger partial charge in [0.2, 0.25) is 5.91 Å².